The van der Waals surface area contributed by atoms with E-state index in [0.29, 0.717) is 0 Å². The number of hydrogen-bond donors (Lipinski definition) is 1. The Hall–Kier alpha value is -1.32. The van der Waals surface area contributed by atoms with Crippen molar-refractivity contribution >= 4 is 11.6 Å². The molecule has 4 heteroatoms. The van der Waals surface area contributed by atoms with Gasteiger partial charge in [0, 0.05) is 36.4 Å². The predicted octanol–water partition coefficient (Wildman–Crippen LogP) is 3.37. The van der Waals surface area contributed by atoms with Gasteiger partial charge in [0.2, 0.25) is 0 Å². The zero-order valence-corrected chi connectivity index (χ0v) is 12.4. The first kappa shape index (κ1) is 14.1. The first-order chi connectivity index (χ1) is 9.15. The van der Waals surface area contributed by atoms with Crippen LogP contribution in [0.2, 0.25) is 5.02 Å². The summed E-state index contributed by atoms with van der Waals surface area (Å²) in [5, 5.41) is 4.14. The molecule has 1 unspecified atom stereocenters. The molecule has 0 saturated carbocycles. The number of nitrogens with zero attached hydrogens (tertiary/aromatic N) is 2. The lowest BCUT2D eigenvalue weighted by atomic mass is 10.0. The molecule has 0 saturated heterocycles. The average molecular weight is 278 g/mol. The minimum Gasteiger partial charge on any atom is -0.335 e. The van der Waals surface area contributed by atoms with Crippen LogP contribution in [0.5, 0.6) is 0 Å². The van der Waals surface area contributed by atoms with Crippen LogP contribution in [0.3, 0.4) is 0 Å². The fraction of sp³-hybridized carbons (Fsp3) is 0.400. The maximum Gasteiger partial charge on any atom is 0.110 e. The Balaban J connectivity index is 2.25. The molecule has 0 aliphatic carbocycles. The number of likely N-dealkylation sites (N-methyl/N-ethyl adjacent to an activating group) is 1. The molecule has 1 heterocycles. The van der Waals surface area contributed by atoms with Crippen LogP contribution >= 0.6 is 11.6 Å². The summed E-state index contributed by atoms with van der Waals surface area (Å²) in [5.41, 5.74) is 2.30. The van der Waals surface area contributed by atoms with Crippen LogP contribution in [0.1, 0.15) is 29.9 Å². The average Bonchev–Trinajstić information content (AvgIpc) is 2.84. The van der Waals surface area contributed by atoms with Gasteiger partial charge in [0.25, 0.3) is 0 Å². The van der Waals surface area contributed by atoms with Crippen LogP contribution in [0, 0.1) is 6.92 Å². The molecule has 19 heavy (non-hydrogen) atoms. The van der Waals surface area contributed by atoms with Gasteiger partial charge >= 0.3 is 0 Å². The Labute approximate surface area is 119 Å². The highest BCUT2D eigenvalue weighted by Gasteiger charge is 2.16. The molecule has 0 amide bonds. The molecule has 2 aromatic rings. The van der Waals surface area contributed by atoms with E-state index in [-0.39, 0.29) is 6.04 Å². The summed E-state index contributed by atoms with van der Waals surface area (Å²) in [6.07, 6.45) is 4.70. The van der Waals surface area contributed by atoms with Crippen LogP contribution in [-0.2, 0) is 13.0 Å². The van der Waals surface area contributed by atoms with Crippen molar-refractivity contribution in [3.8, 4) is 0 Å². The van der Waals surface area contributed by atoms with E-state index in [1.54, 1.807) is 0 Å². The molecule has 1 N–H and O–H groups in total. The summed E-state index contributed by atoms with van der Waals surface area (Å²) in [6, 6.07) is 6.38. The lowest BCUT2D eigenvalue weighted by Gasteiger charge is -2.18. The van der Waals surface area contributed by atoms with Crippen molar-refractivity contribution in [2.75, 3.05) is 7.05 Å². The monoisotopic (exact) mass is 277 g/mol. The molecule has 102 valence electrons. The Morgan fingerprint density at radius 2 is 2.21 bits per heavy atom. The zero-order valence-electron chi connectivity index (χ0n) is 11.7. The molecule has 0 fully saturated rings. The second-order valence-electron chi connectivity index (χ2n) is 4.70. The maximum atomic E-state index is 6.35. The third-order valence-electron chi connectivity index (χ3n) is 3.41. The van der Waals surface area contributed by atoms with Crippen molar-refractivity contribution in [2.45, 2.75) is 32.9 Å². The summed E-state index contributed by atoms with van der Waals surface area (Å²) < 4.78 is 2.16. The zero-order chi connectivity index (χ0) is 13.8. The normalized spacial score (nSPS) is 12.6. The Bertz CT molecular complexity index is 548. The van der Waals surface area contributed by atoms with Gasteiger partial charge in [-0.25, -0.2) is 4.98 Å². The number of rotatable bonds is 5. The van der Waals surface area contributed by atoms with Gasteiger partial charge in [0.05, 0.1) is 0 Å². The molecule has 0 bridgehead atoms. The van der Waals surface area contributed by atoms with Crippen molar-refractivity contribution < 1.29 is 0 Å². The molecule has 0 aliphatic rings. The molecule has 0 aliphatic heterocycles. The summed E-state index contributed by atoms with van der Waals surface area (Å²) in [5.74, 6) is 1.08. The van der Waals surface area contributed by atoms with Crippen LogP contribution in [0.4, 0.5) is 0 Å². The fourth-order valence-corrected chi connectivity index (χ4v) is 2.65. The second-order valence-corrected chi connectivity index (χ2v) is 5.11. The molecule has 2 rings (SSSR count). The van der Waals surface area contributed by atoms with Crippen molar-refractivity contribution in [1.82, 2.24) is 14.9 Å². The van der Waals surface area contributed by atoms with Crippen molar-refractivity contribution in [3.05, 3.63) is 52.6 Å². The van der Waals surface area contributed by atoms with Crippen molar-refractivity contribution in [3.63, 3.8) is 0 Å². The van der Waals surface area contributed by atoms with Gasteiger partial charge in [-0.15, -0.1) is 0 Å². The van der Waals surface area contributed by atoms with Gasteiger partial charge in [0.15, 0.2) is 0 Å². The largest absolute Gasteiger partial charge is 0.335 e. The smallest absolute Gasteiger partial charge is 0.110 e. The summed E-state index contributed by atoms with van der Waals surface area (Å²) >= 11 is 6.35. The van der Waals surface area contributed by atoms with Crippen LogP contribution in [0.15, 0.2) is 30.6 Å². The third-order valence-corrected chi connectivity index (χ3v) is 3.74. The Morgan fingerprint density at radius 1 is 1.42 bits per heavy atom. The highest BCUT2D eigenvalue weighted by molar-refractivity contribution is 6.31. The van der Waals surface area contributed by atoms with Gasteiger partial charge in [-0.3, -0.25) is 0 Å². The van der Waals surface area contributed by atoms with Crippen LogP contribution in [-0.4, -0.2) is 16.6 Å². The molecule has 1 aromatic carbocycles. The van der Waals surface area contributed by atoms with Gasteiger partial charge in [0.1, 0.15) is 5.82 Å². The predicted molar refractivity (Wildman–Crippen MR) is 79.6 cm³/mol. The number of nitrogens with one attached hydrogen (secondary N) is 1. The van der Waals surface area contributed by atoms with Crippen molar-refractivity contribution in [1.29, 1.82) is 0 Å². The molecule has 1 aromatic heterocycles. The van der Waals surface area contributed by atoms with Crippen LogP contribution in [0.25, 0.3) is 0 Å². The van der Waals surface area contributed by atoms with E-state index in [4.69, 9.17) is 11.6 Å². The number of imidazole rings is 1. The number of benzene rings is 1. The lowest BCUT2D eigenvalue weighted by Crippen LogP contribution is -2.21. The quantitative estimate of drug-likeness (QED) is 0.908. The van der Waals surface area contributed by atoms with E-state index in [1.165, 1.54) is 5.56 Å². The van der Waals surface area contributed by atoms with E-state index in [2.05, 4.69) is 33.9 Å². The highest BCUT2D eigenvalue weighted by atomic mass is 35.5. The fourth-order valence-electron chi connectivity index (χ4n) is 2.28. The Morgan fingerprint density at radius 3 is 2.84 bits per heavy atom. The number of hydrogen-bond acceptors (Lipinski definition) is 2. The van der Waals surface area contributed by atoms with Gasteiger partial charge in [-0.2, -0.15) is 0 Å². The van der Waals surface area contributed by atoms with Crippen LogP contribution < -0.4 is 5.32 Å². The minimum atomic E-state index is 0.181. The van der Waals surface area contributed by atoms with E-state index < -0.39 is 0 Å². The molecular weight excluding hydrogens is 258 g/mol. The highest BCUT2D eigenvalue weighted by Crippen LogP contribution is 2.26. The van der Waals surface area contributed by atoms with Gasteiger partial charge in [-0.1, -0.05) is 23.7 Å². The molecular formula is C15H20ClN3. The second kappa shape index (κ2) is 6.22. The lowest BCUT2D eigenvalue weighted by molar-refractivity contribution is 0.553. The van der Waals surface area contributed by atoms with Crippen molar-refractivity contribution in [2.24, 2.45) is 0 Å². The topological polar surface area (TPSA) is 29.9 Å². The first-order valence-corrected chi connectivity index (χ1v) is 6.96. The standard InChI is InChI=1S/C15H20ClN3/c1-4-19-8-7-18-15(19)10-14(17-3)12-6-5-11(2)9-13(12)16/h5-9,14,17H,4,10H2,1-3H3. The number of aromatic nitrogens is 2. The number of halogens is 1. The SMILES string of the molecule is CCn1ccnc1CC(NC)c1ccc(C)cc1Cl. The summed E-state index contributed by atoms with van der Waals surface area (Å²) in [6.45, 7) is 5.11. The van der Waals surface area contributed by atoms with Gasteiger partial charge < -0.3 is 9.88 Å². The maximum absolute atomic E-state index is 6.35. The van der Waals surface area contributed by atoms with Gasteiger partial charge in [-0.05, 0) is 38.1 Å². The van der Waals surface area contributed by atoms with E-state index >= 15 is 0 Å². The number of aryl methyl sites for hydroxylation is 2. The molecule has 1 atom stereocenters. The Kier molecular flexibility index (Phi) is 4.61. The summed E-state index contributed by atoms with van der Waals surface area (Å²) in [7, 11) is 1.96. The summed E-state index contributed by atoms with van der Waals surface area (Å²) in [4.78, 5) is 4.43. The van der Waals surface area contributed by atoms with E-state index in [0.717, 1.165) is 29.4 Å². The molecule has 3 nitrogen and oxygen atoms in total. The van der Waals surface area contributed by atoms with E-state index in [9.17, 15) is 0 Å². The van der Waals surface area contributed by atoms with E-state index in [1.807, 2.05) is 32.4 Å². The first-order valence-electron chi connectivity index (χ1n) is 6.59. The minimum absolute atomic E-state index is 0.181. The molecule has 0 spiro atoms. The molecule has 0 radical (unpaired) electrons. The third kappa shape index (κ3) is 3.17.